The summed E-state index contributed by atoms with van der Waals surface area (Å²) < 4.78 is 17.2. The van der Waals surface area contributed by atoms with Gasteiger partial charge in [0, 0.05) is 0 Å². The molecule has 0 aliphatic carbocycles. The van der Waals surface area contributed by atoms with Crippen LogP contribution in [0.2, 0.25) is 0 Å². The van der Waals surface area contributed by atoms with Gasteiger partial charge in [-0.1, -0.05) is 32.0 Å². The Labute approximate surface area is 209 Å². The van der Waals surface area contributed by atoms with E-state index >= 15 is 0 Å². The molecule has 0 aromatic heterocycles. The molecule has 1 atom stereocenters. The minimum Gasteiger partial charge on any atom is -0.492 e. The number of hydrogen-bond acceptors (Lipinski definition) is 6. The molecule has 34 heavy (non-hydrogen) atoms. The Kier molecular flexibility index (Phi) is 10.9. The number of amides is 2. The van der Waals surface area contributed by atoms with Crippen molar-refractivity contribution in [2.45, 2.75) is 40.2 Å². The summed E-state index contributed by atoms with van der Waals surface area (Å²) in [4.78, 5) is 25.2. The molecule has 0 aliphatic rings. The Morgan fingerprint density at radius 2 is 1.88 bits per heavy atom. The number of carbonyl (C=O) groups is 2. The summed E-state index contributed by atoms with van der Waals surface area (Å²) >= 11 is 3.45. The number of ether oxygens (including phenoxy) is 3. The van der Waals surface area contributed by atoms with Gasteiger partial charge in [0.1, 0.15) is 11.8 Å². The van der Waals surface area contributed by atoms with Crippen LogP contribution in [0, 0.1) is 12.8 Å². The standard InChI is InChI=1S/C25H32BrN3O5/c1-6-33-22-13-18(12-19(26)24(22)32-5)14-27-29-25(31)20(11-16(2)3)28-23(30)15-34-21-10-8-7-9-17(21)4/h7-10,12-14,16,20H,6,11,15H2,1-5H3,(H,28,30)(H,29,31)/b27-14-/t20-/m1/s1. The highest BCUT2D eigenvalue weighted by Gasteiger charge is 2.22. The van der Waals surface area contributed by atoms with Crippen molar-refractivity contribution in [1.29, 1.82) is 0 Å². The van der Waals surface area contributed by atoms with E-state index < -0.39 is 11.9 Å². The first-order valence-electron chi connectivity index (χ1n) is 11.1. The van der Waals surface area contributed by atoms with Crippen LogP contribution in [0.15, 0.2) is 46.0 Å². The van der Waals surface area contributed by atoms with Gasteiger partial charge in [0.15, 0.2) is 18.1 Å². The summed E-state index contributed by atoms with van der Waals surface area (Å²) in [6.45, 7) is 8.02. The van der Waals surface area contributed by atoms with E-state index in [0.29, 0.717) is 40.3 Å². The molecule has 2 aromatic carbocycles. The summed E-state index contributed by atoms with van der Waals surface area (Å²) in [5.41, 5.74) is 4.14. The second-order valence-electron chi connectivity index (χ2n) is 8.01. The smallest absolute Gasteiger partial charge is 0.262 e. The monoisotopic (exact) mass is 533 g/mol. The lowest BCUT2D eigenvalue weighted by Gasteiger charge is -2.19. The number of carbonyl (C=O) groups excluding carboxylic acids is 2. The van der Waals surface area contributed by atoms with Crippen molar-refractivity contribution in [1.82, 2.24) is 10.7 Å². The zero-order chi connectivity index (χ0) is 25.1. The third kappa shape index (κ3) is 8.37. The van der Waals surface area contributed by atoms with Crippen molar-refractivity contribution in [3.05, 3.63) is 52.0 Å². The fourth-order valence-electron chi connectivity index (χ4n) is 3.17. The molecule has 184 valence electrons. The molecule has 2 amide bonds. The van der Waals surface area contributed by atoms with E-state index in [1.807, 2.05) is 45.9 Å². The van der Waals surface area contributed by atoms with Crippen LogP contribution >= 0.6 is 15.9 Å². The van der Waals surface area contributed by atoms with E-state index in [1.165, 1.54) is 6.21 Å². The van der Waals surface area contributed by atoms with Gasteiger partial charge in [0.05, 0.1) is 24.4 Å². The molecule has 0 spiro atoms. The number of halogens is 1. The first-order valence-corrected chi connectivity index (χ1v) is 11.8. The molecular weight excluding hydrogens is 502 g/mol. The van der Waals surface area contributed by atoms with Crippen LogP contribution in [0.4, 0.5) is 0 Å². The van der Waals surface area contributed by atoms with Crippen LogP contribution in [0.25, 0.3) is 0 Å². The van der Waals surface area contributed by atoms with Gasteiger partial charge in [-0.05, 0) is 71.4 Å². The van der Waals surface area contributed by atoms with Gasteiger partial charge in [-0.25, -0.2) is 5.43 Å². The second kappa shape index (κ2) is 13.6. The van der Waals surface area contributed by atoms with Gasteiger partial charge in [0.25, 0.3) is 11.8 Å². The third-order valence-electron chi connectivity index (χ3n) is 4.74. The number of rotatable bonds is 12. The Balaban J connectivity index is 2.01. The predicted octanol–water partition coefficient (Wildman–Crippen LogP) is 4.22. The van der Waals surface area contributed by atoms with Crippen molar-refractivity contribution in [2.75, 3.05) is 20.3 Å². The number of hydrazone groups is 1. The minimum absolute atomic E-state index is 0.184. The highest BCUT2D eigenvalue weighted by molar-refractivity contribution is 9.10. The van der Waals surface area contributed by atoms with Gasteiger partial charge in [-0.3, -0.25) is 9.59 Å². The van der Waals surface area contributed by atoms with E-state index in [-0.39, 0.29) is 18.4 Å². The van der Waals surface area contributed by atoms with Crippen LogP contribution in [-0.2, 0) is 9.59 Å². The van der Waals surface area contributed by atoms with Crippen molar-refractivity contribution in [3.8, 4) is 17.2 Å². The second-order valence-corrected chi connectivity index (χ2v) is 8.86. The number of benzene rings is 2. The normalized spacial score (nSPS) is 11.9. The molecule has 0 unspecified atom stereocenters. The van der Waals surface area contributed by atoms with E-state index in [4.69, 9.17) is 14.2 Å². The maximum atomic E-state index is 12.7. The van der Waals surface area contributed by atoms with Crippen LogP contribution in [0.5, 0.6) is 17.2 Å². The number of methoxy groups -OCH3 is 1. The van der Waals surface area contributed by atoms with Crippen molar-refractivity contribution >= 4 is 34.0 Å². The fourth-order valence-corrected chi connectivity index (χ4v) is 3.79. The first kappa shape index (κ1) is 27.2. The topological polar surface area (TPSA) is 98.2 Å². The Morgan fingerprint density at radius 3 is 2.53 bits per heavy atom. The largest absolute Gasteiger partial charge is 0.492 e. The molecule has 9 heteroatoms. The summed E-state index contributed by atoms with van der Waals surface area (Å²) in [5.74, 6) is 1.16. The molecule has 0 heterocycles. The highest BCUT2D eigenvalue weighted by Crippen LogP contribution is 2.36. The number of nitrogens with one attached hydrogen (secondary N) is 2. The van der Waals surface area contributed by atoms with E-state index in [9.17, 15) is 9.59 Å². The van der Waals surface area contributed by atoms with Crippen LogP contribution in [0.3, 0.4) is 0 Å². The van der Waals surface area contributed by atoms with Gasteiger partial charge in [-0.2, -0.15) is 5.10 Å². The summed E-state index contributed by atoms with van der Waals surface area (Å²) in [6.07, 6.45) is 1.96. The lowest BCUT2D eigenvalue weighted by atomic mass is 10.0. The molecule has 0 bridgehead atoms. The van der Waals surface area contributed by atoms with Crippen LogP contribution in [0.1, 0.15) is 38.3 Å². The van der Waals surface area contributed by atoms with E-state index in [0.717, 1.165) is 5.56 Å². The average Bonchev–Trinajstić information content (AvgIpc) is 2.78. The Hall–Kier alpha value is -3.07. The zero-order valence-electron chi connectivity index (χ0n) is 20.2. The molecule has 2 aromatic rings. The molecule has 0 saturated carbocycles. The van der Waals surface area contributed by atoms with E-state index in [1.54, 1.807) is 25.3 Å². The van der Waals surface area contributed by atoms with Crippen molar-refractivity contribution in [3.63, 3.8) is 0 Å². The molecule has 2 N–H and O–H groups in total. The molecule has 8 nitrogen and oxygen atoms in total. The molecule has 0 fully saturated rings. The predicted molar refractivity (Wildman–Crippen MR) is 136 cm³/mol. The maximum absolute atomic E-state index is 12.7. The molecule has 0 saturated heterocycles. The van der Waals surface area contributed by atoms with Crippen molar-refractivity contribution < 1.29 is 23.8 Å². The van der Waals surface area contributed by atoms with Gasteiger partial charge in [0.2, 0.25) is 0 Å². The Morgan fingerprint density at radius 1 is 1.15 bits per heavy atom. The lowest BCUT2D eigenvalue weighted by molar-refractivity contribution is -0.130. The van der Waals surface area contributed by atoms with Gasteiger partial charge >= 0.3 is 0 Å². The van der Waals surface area contributed by atoms with E-state index in [2.05, 4.69) is 31.8 Å². The molecular formula is C25H32BrN3O5. The highest BCUT2D eigenvalue weighted by atomic mass is 79.9. The zero-order valence-corrected chi connectivity index (χ0v) is 21.8. The first-order chi connectivity index (χ1) is 16.2. The summed E-state index contributed by atoms with van der Waals surface area (Å²) in [7, 11) is 1.56. The molecule has 2 rings (SSSR count). The average molecular weight is 534 g/mol. The van der Waals surface area contributed by atoms with Crippen LogP contribution < -0.4 is 25.0 Å². The lowest BCUT2D eigenvalue weighted by Crippen LogP contribution is -2.47. The Bertz CT molecular complexity index is 1010. The minimum atomic E-state index is -0.744. The number of aryl methyl sites for hydroxylation is 1. The van der Waals surface area contributed by atoms with Crippen molar-refractivity contribution in [2.24, 2.45) is 11.0 Å². The number of hydrogen-bond donors (Lipinski definition) is 2. The van der Waals surface area contributed by atoms with Gasteiger partial charge < -0.3 is 19.5 Å². The number of nitrogens with zero attached hydrogens (tertiary/aromatic N) is 1. The van der Waals surface area contributed by atoms with Crippen LogP contribution in [-0.4, -0.2) is 44.4 Å². The quantitative estimate of drug-likeness (QED) is 0.314. The maximum Gasteiger partial charge on any atom is 0.262 e. The molecule has 0 radical (unpaired) electrons. The fraction of sp³-hybridized carbons (Fsp3) is 0.400. The summed E-state index contributed by atoms with van der Waals surface area (Å²) in [5, 5.41) is 6.80. The number of para-hydroxylation sites is 1. The van der Waals surface area contributed by atoms with Gasteiger partial charge in [-0.15, -0.1) is 0 Å². The SMILES string of the molecule is CCOc1cc(/C=N\NC(=O)[C@@H](CC(C)C)NC(=O)COc2ccccc2C)cc(Br)c1OC. The summed E-state index contributed by atoms with van der Waals surface area (Å²) in [6, 6.07) is 10.3. The molecule has 0 aliphatic heterocycles. The third-order valence-corrected chi connectivity index (χ3v) is 5.32.